The highest BCUT2D eigenvalue weighted by atomic mass is 35.5. The van der Waals surface area contributed by atoms with Gasteiger partial charge in [-0.25, -0.2) is 0 Å². The number of nitrogens with zero attached hydrogens (tertiary/aromatic N) is 1. The molecule has 106 valence electrons. The first-order chi connectivity index (χ1) is 9.68. The standard InChI is InChI=1S/C16H20ClN3/c1-20(13-7-3-2-4-8-13)12-6-11-19-15-10-5-9-14(17)16(15)18/h2-5,7-10,19H,6,11-12,18H2,1H3. The Morgan fingerprint density at radius 1 is 1.10 bits per heavy atom. The number of halogens is 1. The van der Waals surface area contributed by atoms with Crippen molar-refractivity contribution in [2.45, 2.75) is 6.42 Å². The summed E-state index contributed by atoms with van der Waals surface area (Å²) in [6.07, 6.45) is 1.03. The van der Waals surface area contributed by atoms with Crippen LogP contribution in [0.1, 0.15) is 6.42 Å². The van der Waals surface area contributed by atoms with Crippen molar-refractivity contribution in [1.29, 1.82) is 0 Å². The third-order valence-corrected chi connectivity index (χ3v) is 3.57. The highest BCUT2D eigenvalue weighted by Crippen LogP contribution is 2.26. The zero-order chi connectivity index (χ0) is 14.4. The first-order valence-corrected chi connectivity index (χ1v) is 7.10. The van der Waals surface area contributed by atoms with Crippen molar-refractivity contribution in [2.75, 3.05) is 36.1 Å². The molecule has 0 aliphatic heterocycles. The molecule has 20 heavy (non-hydrogen) atoms. The second kappa shape index (κ2) is 7.06. The topological polar surface area (TPSA) is 41.3 Å². The van der Waals surface area contributed by atoms with Crippen molar-refractivity contribution >= 4 is 28.7 Å². The van der Waals surface area contributed by atoms with Crippen LogP contribution in [-0.4, -0.2) is 20.1 Å². The van der Waals surface area contributed by atoms with Crippen LogP contribution in [0.3, 0.4) is 0 Å². The first-order valence-electron chi connectivity index (χ1n) is 6.72. The molecule has 0 fully saturated rings. The molecule has 2 aromatic carbocycles. The Morgan fingerprint density at radius 3 is 2.60 bits per heavy atom. The third-order valence-electron chi connectivity index (χ3n) is 3.24. The Hall–Kier alpha value is -1.87. The molecule has 0 aliphatic rings. The van der Waals surface area contributed by atoms with Crippen LogP contribution in [0, 0.1) is 0 Å². The van der Waals surface area contributed by atoms with E-state index in [4.69, 9.17) is 17.3 Å². The Morgan fingerprint density at radius 2 is 1.85 bits per heavy atom. The minimum atomic E-state index is 0.594. The smallest absolute Gasteiger partial charge is 0.0739 e. The summed E-state index contributed by atoms with van der Waals surface area (Å²) >= 11 is 5.98. The summed E-state index contributed by atoms with van der Waals surface area (Å²) < 4.78 is 0. The first kappa shape index (κ1) is 14.5. The summed E-state index contributed by atoms with van der Waals surface area (Å²) in [6.45, 7) is 1.85. The van der Waals surface area contributed by atoms with E-state index in [1.165, 1.54) is 5.69 Å². The number of rotatable bonds is 6. The molecule has 0 spiro atoms. The monoisotopic (exact) mass is 289 g/mol. The van der Waals surface area contributed by atoms with E-state index in [1.54, 1.807) is 6.07 Å². The fraction of sp³-hybridized carbons (Fsp3) is 0.250. The van der Waals surface area contributed by atoms with Crippen molar-refractivity contribution in [3.63, 3.8) is 0 Å². The Kier molecular flexibility index (Phi) is 5.13. The van der Waals surface area contributed by atoms with Crippen LogP contribution in [0.25, 0.3) is 0 Å². The molecule has 3 N–H and O–H groups in total. The molecule has 0 atom stereocenters. The van der Waals surface area contributed by atoms with Gasteiger partial charge in [-0.2, -0.15) is 0 Å². The molecule has 0 unspecified atom stereocenters. The molecular formula is C16H20ClN3. The predicted octanol–water partition coefficient (Wildman–Crippen LogP) is 3.86. The van der Waals surface area contributed by atoms with E-state index in [1.807, 2.05) is 18.2 Å². The van der Waals surface area contributed by atoms with E-state index >= 15 is 0 Å². The van der Waals surface area contributed by atoms with Gasteiger partial charge in [0, 0.05) is 25.8 Å². The molecule has 0 saturated carbocycles. The average Bonchev–Trinajstić information content (AvgIpc) is 2.48. The van der Waals surface area contributed by atoms with E-state index in [-0.39, 0.29) is 0 Å². The molecule has 0 amide bonds. The van der Waals surface area contributed by atoms with Crippen LogP contribution in [0.4, 0.5) is 17.1 Å². The van der Waals surface area contributed by atoms with Gasteiger partial charge in [-0.15, -0.1) is 0 Å². The quantitative estimate of drug-likeness (QED) is 0.627. The van der Waals surface area contributed by atoms with Crippen molar-refractivity contribution in [1.82, 2.24) is 0 Å². The second-order valence-electron chi connectivity index (χ2n) is 4.74. The fourth-order valence-electron chi connectivity index (χ4n) is 2.04. The molecule has 0 aromatic heterocycles. The lowest BCUT2D eigenvalue weighted by Crippen LogP contribution is -2.20. The Bertz CT molecular complexity index is 543. The number of nitrogens with one attached hydrogen (secondary N) is 1. The van der Waals surface area contributed by atoms with E-state index in [0.717, 1.165) is 25.2 Å². The number of benzene rings is 2. The van der Waals surface area contributed by atoms with Crippen LogP contribution >= 0.6 is 11.6 Å². The zero-order valence-electron chi connectivity index (χ0n) is 11.6. The van der Waals surface area contributed by atoms with Crippen LogP contribution in [0.2, 0.25) is 5.02 Å². The molecule has 0 heterocycles. The maximum Gasteiger partial charge on any atom is 0.0739 e. The van der Waals surface area contributed by atoms with Crippen molar-refractivity contribution in [2.24, 2.45) is 0 Å². The van der Waals surface area contributed by atoms with Crippen LogP contribution in [0.15, 0.2) is 48.5 Å². The molecule has 0 radical (unpaired) electrons. The van der Waals surface area contributed by atoms with Gasteiger partial charge in [0.2, 0.25) is 0 Å². The van der Waals surface area contributed by atoms with Gasteiger partial charge in [-0.3, -0.25) is 0 Å². The zero-order valence-corrected chi connectivity index (χ0v) is 12.4. The number of nitrogen functional groups attached to an aromatic ring is 1. The molecule has 0 aliphatic carbocycles. The second-order valence-corrected chi connectivity index (χ2v) is 5.15. The normalized spacial score (nSPS) is 10.3. The van der Waals surface area contributed by atoms with Gasteiger partial charge in [0.1, 0.15) is 0 Å². The lowest BCUT2D eigenvalue weighted by atomic mass is 10.2. The summed E-state index contributed by atoms with van der Waals surface area (Å²) in [5.41, 5.74) is 8.66. The van der Waals surface area contributed by atoms with Crippen molar-refractivity contribution < 1.29 is 0 Å². The molecule has 0 bridgehead atoms. The minimum absolute atomic E-state index is 0.594. The third kappa shape index (κ3) is 3.81. The molecular weight excluding hydrogens is 270 g/mol. The van der Waals surface area contributed by atoms with Crippen LogP contribution in [-0.2, 0) is 0 Å². The van der Waals surface area contributed by atoms with Gasteiger partial charge in [-0.05, 0) is 30.7 Å². The van der Waals surface area contributed by atoms with E-state index < -0.39 is 0 Å². The van der Waals surface area contributed by atoms with Crippen LogP contribution in [0.5, 0.6) is 0 Å². The summed E-state index contributed by atoms with van der Waals surface area (Å²) in [6, 6.07) is 16.0. The average molecular weight is 290 g/mol. The Balaban J connectivity index is 1.78. The molecule has 2 rings (SSSR count). The van der Waals surface area contributed by atoms with Gasteiger partial charge >= 0.3 is 0 Å². The Labute approximate surface area is 125 Å². The maximum absolute atomic E-state index is 5.98. The summed E-state index contributed by atoms with van der Waals surface area (Å²) in [7, 11) is 2.10. The minimum Gasteiger partial charge on any atom is -0.396 e. The predicted molar refractivity (Wildman–Crippen MR) is 88.7 cm³/mol. The van der Waals surface area contributed by atoms with E-state index in [9.17, 15) is 0 Å². The van der Waals surface area contributed by atoms with Gasteiger partial charge in [-0.1, -0.05) is 35.9 Å². The fourth-order valence-corrected chi connectivity index (χ4v) is 2.22. The van der Waals surface area contributed by atoms with Gasteiger partial charge in [0.05, 0.1) is 16.4 Å². The number of nitrogens with two attached hydrogens (primary N) is 1. The lowest BCUT2D eigenvalue weighted by molar-refractivity contribution is 0.817. The van der Waals surface area contributed by atoms with Gasteiger partial charge in [0.25, 0.3) is 0 Å². The van der Waals surface area contributed by atoms with Gasteiger partial charge in [0.15, 0.2) is 0 Å². The summed E-state index contributed by atoms with van der Waals surface area (Å²) in [5.74, 6) is 0. The summed E-state index contributed by atoms with van der Waals surface area (Å²) in [5, 5.41) is 3.92. The molecule has 0 saturated heterocycles. The number of anilines is 3. The van der Waals surface area contributed by atoms with E-state index in [0.29, 0.717) is 10.7 Å². The van der Waals surface area contributed by atoms with E-state index in [2.05, 4.69) is 41.5 Å². The molecule has 2 aromatic rings. The van der Waals surface area contributed by atoms with Crippen LogP contribution < -0.4 is 16.0 Å². The van der Waals surface area contributed by atoms with Crippen molar-refractivity contribution in [3.8, 4) is 0 Å². The number of para-hydroxylation sites is 2. The number of hydrogen-bond acceptors (Lipinski definition) is 3. The van der Waals surface area contributed by atoms with Crippen molar-refractivity contribution in [3.05, 3.63) is 53.6 Å². The largest absolute Gasteiger partial charge is 0.396 e. The SMILES string of the molecule is CN(CCCNc1cccc(Cl)c1N)c1ccccc1. The maximum atomic E-state index is 5.98. The number of hydrogen-bond donors (Lipinski definition) is 2. The van der Waals surface area contributed by atoms with Gasteiger partial charge < -0.3 is 16.0 Å². The molecule has 3 nitrogen and oxygen atoms in total. The summed E-state index contributed by atoms with van der Waals surface area (Å²) in [4.78, 5) is 2.24. The highest BCUT2D eigenvalue weighted by Gasteiger charge is 2.03. The molecule has 4 heteroatoms. The lowest BCUT2D eigenvalue weighted by Gasteiger charge is -2.19. The highest BCUT2D eigenvalue weighted by molar-refractivity contribution is 6.33.